The number of nitrogens with zero attached hydrogens (tertiary/aromatic N) is 4. The third-order valence-corrected chi connectivity index (χ3v) is 10.3. The van der Waals surface area contributed by atoms with Gasteiger partial charge in [0.1, 0.15) is 0 Å². The highest BCUT2D eigenvalue weighted by molar-refractivity contribution is 7.99. The summed E-state index contributed by atoms with van der Waals surface area (Å²) in [5.74, 6) is 0. The lowest BCUT2D eigenvalue weighted by Gasteiger charge is -2.42. The Hall–Kier alpha value is -5.13. The smallest absolute Gasteiger partial charge is 0.0986 e. The highest BCUT2D eigenvalue weighted by atomic mass is 32.2. The molecule has 0 saturated carbocycles. The summed E-state index contributed by atoms with van der Waals surface area (Å²) >= 11 is 1.82. The number of para-hydroxylation sites is 4. The monoisotopic (exact) mass is 584 g/mol. The number of aromatic nitrogens is 2. The molecule has 0 radical (unpaired) electrons. The molecule has 0 fully saturated rings. The molecule has 2 aromatic heterocycles. The largest absolute Gasteiger partial charge is 0.309 e. The molecular weight excluding hydrogens is 557 g/mol. The molecule has 44 heavy (non-hydrogen) atoms. The second-order valence-corrected chi connectivity index (χ2v) is 13.0. The summed E-state index contributed by atoms with van der Waals surface area (Å²) in [7, 11) is 0. The van der Waals surface area contributed by atoms with Crippen molar-refractivity contribution in [2.75, 3.05) is 9.80 Å². The maximum absolute atomic E-state index is 4.97. The van der Waals surface area contributed by atoms with Crippen molar-refractivity contribution in [2.45, 2.75) is 29.1 Å². The van der Waals surface area contributed by atoms with Crippen molar-refractivity contribution >= 4 is 67.7 Å². The van der Waals surface area contributed by atoms with Crippen LogP contribution in [0.5, 0.6) is 0 Å². The molecule has 0 amide bonds. The Bertz CT molecular complexity index is 2180. The van der Waals surface area contributed by atoms with E-state index in [0.717, 1.165) is 33.2 Å². The van der Waals surface area contributed by atoms with Crippen LogP contribution in [-0.4, -0.2) is 9.97 Å². The zero-order valence-corrected chi connectivity index (χ0v) is 25.2. The Balaban J connectivity index is 1.29. The minimum Gasteiger partial charge on any atom is -0.309 e. The fraction of sp³-hybridized carbons (Fsp3) is 0.0769. The molecule has 2 aliphatic rings. The van der Waals surface area contributed by atoms with Crippen LogP contribution in [0.4, 0.5) is 34.1 Å². The molecule has 4 nitrogen and oxygen atoms in total. The maximum atomic E-state index is 4.97. The number of benzene rings is 5. The fourth-order valence-electron chi connectivity index (χ4n) is 7.08. The SMILES string of the molecule is CC1(C)c2ccccc2N(c2ccnc3c2ccc2c(N4c5ccccc5Sc5ccccc54)ccnc23)c2ccccc21. The van der Waals surface area contributed by atoms with Crippen LogP contribution in [0.15, 0.2) is 144 Å². The molecule has 7 aromatic rings. The van der Waals surface area contributed by atoms with Gasteiger partial charge in [-0.25, -0.2) is 0 Å². The Labute approximate surface area is 260 Å². The molecule has 5 aromatic carbocycles. The molecule has 4 heterocycles. The van der Waals surface area contributed by atoms with Gasteiger partial charge in [0.05, 0.1) is 45.2 Å². The van der Waals surface area contributed by atoms with Crippen molar-refractivity contribution in [1.29, 1.82) is 0 Å². The number of hydrogen-bond donors (Lipinski definition) is 0. The van der Waals surface area contributed by atoms with Crippen molar-refractivity contribution in [1.82, 2.24) is 9.97 Å². The number of fused-ring (bicyclic) bond motifs is 7. The Morgan fingerprint density at radius 1 is 0.455 bits per heavy atom. The van der Waals surface area contributed by atoms with E-state index >= 15 is 0 Å². The number of rotatable bonds is 2. The second kappa shape index (κ2) is 9.43. The van der Waals surface area contributed by atoms with E-state index < -0.39 is 0 Å². The van der Waals surface area contributed by atoms with Gasteiger partial charge < -0.3 is 9.80 Å². The first-order valence-electron chi connectivity index (χ1n) is 14.9. The third-order valence-electron chi connectivity index (χ3n) is 9.13. The van der Waals surface area contributed by atoms with Crippen LogP contribution >= 0.6 is 11.8 Å². The molecule has 2 aliphatic heterocycles. The first-order valence-corrected chi connectivity index (χ1v) is 15.7. The van der Waals surface area contributed by atoms with Crippen molar-refractivity contribution < 1.29 is 0 Å². The summed E-state index contributed by atoms with van der Waals surface area (Å²) in [5.41, 5.74) is 11.2. The van der Waals surface area contributed by atoms with Crippen molar-refractivity contribution in [3.8, 4) is 0 Å². The lowest BCUT2D eigenvalue weighted by molar-refractivity contribution is 0.632. The maximum Gasteiger partial charge on any atom is 0.0986 e. The van der Waals surface area contributed by atoms with Gasteiger partial charge in [-0.2, -0.15) is 0 Å². The quantitative estimate of drug-likeness (QED) is 0.189. The number of hydrogen-bond acceptors (Lipinski definition) is 5. The van der Waals surface area contributed by atoms with E-state index in [1.807, 2.05) is 24.2 Å². The van der Waals surface area contributed by atoms with E-state index in [2.05, 4.69) is 145 Å². The standard InChI is InChI=1S/C39H28N4S/c1-39(2)27-11-3-5-13-31(27)42(32-14-6-4-12-28(32)39)29-21-23-40-37-25(29)19-20-26-30(22-24-41-38(26)37)43-33-15-7-9-17-35(33)44-36-18-10-8-16-34(36)43/h3-24H,1-2H3. The van der Waals surface area contributed by atoms with Gasteiger partial charge in [0.25, 0.3) is 0 Å². The highest BCUT2D eigenvalue weighted by Crippen LogP contribution is 2.54. The topological polar surface area (TPSA) is 32.3 Å². The minimum atomic E-state index is -0.116. The molecule has 0 atom stereocenters. The normalized spacial score (nSPS) is 14.6. The molecular formula is C39H28N4S. The van der Waals surface area contributed by atoms with Gasteiger partial charge >= 0.3 is 0 Å². The van der Waals surface area contributed by atoms with Gasteiger partial charge in [0.2, 0.25) is 0 Å². The molecule has 0 aliphatic carbocycles. The van der Waals surface area contributed by atoms with Crippen LogP contribution in [0.3, 0.4) is 0 Å². The van der Waals surface area contributed by atoms with E-state index in [0.29, 0.717) is 0 Å². The lowest BCUT2D eigenvalue weighted by Crippen LogP contribution is -2.30. The van der Waals surface area contributed by atoms with E-state index in [4.69, 9.17) is 9.97 Å². The molecule has 210 valence electrons. The predicted octanol–water partition coefficient (Wildman–Crippen LogP) is 10.8. The van der Waals surface area contributed by atoms with Crippen LogP contribution in [0.1, 0.15) is 25.0 Å². The molecule has 9 rings (SSSR count). The van der Waals surface area contributed by atoms with Crippen LogP contribution in [0.2, 0.25) is 0 Å². The summed E-state index contributed by atoms with van der Waals surface area (Å²) in [4.78, 5) is 17.2. The first kappa shape index (κ1) is 25.4. The minimum absolute atomic E-state index is 0.116. The van der Waals surface area contributed by atoms with Crippen LogP contribution in [0, 0.1) is 0 Å². The highest BCUT2D eigenvalue weighted by Gasteiger charge is 2.37. The van der Waals surface area contributed by atoms with Gasteiger partial charge in [-0.05, 0) is 71.8 Å². The van der Waals surface area contributed by atoms with Crippen LogP contribution in [0.25, 0.3) is 21.8 Å². The van der Waals surface area contributed by atoms with Crippen molar-refractivity contribution in [3.63, 3.8) is 0 Å². The summed E-state index contributed by atoms with van der Waals surface area (Å²) in [6.07, 6.45) is 3.85. The average molecular weight is 585 g/mol. The predicted molar refractivity (Wildman–Crippen MR) is 183 cm³/mol. The average Bonchev–Trinajstić information content (AvgIpc) is 3.07. The van der Waals surface area contributed by atoms with E-state index in [-0.39, 0.29) is 5.41 Å². The summed E-state index contributed by atoms with van der Waals surface area (Å²) in [5, 5.41) is 2.14. The number of pyridine rings is 2. The van der Waals surface area contributed by atoms with Crippen molar-refractivity contribution in [3.05, 3.63) is 145 Å². The Morgan fingerprint density at radius 2 is 0.864 bits per heavy atom. The van der Waals surface area contributed by atoms with Gasteiger partial charge in [-0.15, -0.1) is 0 Å². The first-order chi connectivity index (χ1) is 21.6. The second-order valence-electron chi connectivity index (χ2n) is 11.9. The van der Waals surface area contributed by atoms with Gasteiger partial charge in [0.15, 0.2) is 0 Å². The van der Waals surface area contributed by atoms with E-state index in [1.54, 1.807) is 0 Å². The van der Waals surface area contributed by atoms with Gasteiger partial charge in [-0.1, -0.05) is 86.3 Å². The van der Waals surface area contributed by atoms with Crippen molar-refractivity contribution in [2.24, 2.45) is 0 Å². The third kappa shape index (κ3) is 3.53. The molecule has 0 unspecified atom stereocenters. The molecule has 0 saturated heterocycles. The number of anilines is 6. The van der Waals surface area contributed by atoms with Gasteiger partial charge in [-0.3, -0.25) is 9.97 Å². The molecule has 0 spiro atoms. The fourth-order valence-corrected chi connectivity index (χ4v) is 8.14. The molecule has 5 heteroatoms. The Morgan fingerprint density at radius 3 is 1.36 bits per heavy atom. The van der Waals surface area contributed by atoms with Crippen LogP contribution < -0.4 is 9.80 Å². The van der Waals surface area contributed by atoms with Crippen LogP contribution in [-0.2, 0) is 5.41 Å². The van der Waals surface area contributed by atoms with E-state index in [9.17, 15) is 0 Å². The Kier molecular flexibility index (Phi) is 5.44. The lowest BCUT2D eigenvalue weighted by atomic mass is 9.73. The zero-order chi connectivity index (χ0) is 29.4. The zero-order valence-electron chi connectivity index (χ0n) is 24.4. The summed E-state index contributed by atoms with van der Waals surface area (Å²) in [6, 6.07) is 43.5. The van der Waals surface area contributed by atoms with Gasteiger partial charge in [0, 0.05) is 38.4 Å². The summed E-state index contributed by atoms with van der Waals surface area (Å²) < 4.78 is 0. The van der Waals surface area contributed by atoms with E-state index in [1.165, 1.54) is 43.7 Å². The molecule has 0 N–H and O–H groups in total. The summed E-state index contributed by atoms with van der Waals surface area (Å²) in [6.45, 7) is 4.64. The molecule has 0 bridgehead atoms.